The van der Waals surface area contributed by atoms with E-state index in [1.54, 1.807) is 19.1 Å². The lowest BCUT2D eigenvalue weighted by molar-refractivity contribution is 0.0528. The number of halogens is 2. The summed E-state index contributed by atoms with van der Waals surface area (Å²) in [6, 6.07) is 4.66. The Bertz CT molecular complexity index is 646. The molecular weight excluding hydrogens is 289 g/mol. The number of nitrogens with one attached hydrogen (secondary N) is 1. The van der Waals surface area contributed by atoms with Crippen LogP contribution in [-0.2, 0) is 4.74 Å². The average Bonchev–Trinajstić information content (AvgIpc) is 2.38. The lowest BCUT2D eigenvalue weighted by Gasteiger charge is -2.10. The molecule has 100 valence electrons. The maximum atomic E-state index is 11.9. The Morgan fingerprint density at radius 1 is 1.42 bits per heavy atom. The summed E-state index contributed by atoms with van der Waals surface area (Å²) in [5.41, 5.74) is 3.13. The Balaban J connectivity index is 2.75. The second kappa shape index (κ2) is 5.61. The van der Waals surface area contributed by atoms with E-state index < -0.39 is 5.97 Å². The van der Waals surface area contributed by atoms with Gasteiger partial charge in [-0.25, -0.2) is 15.6 Å². The van der Waals surface area contributed by atoms with Crippen molar-refractivity contribution >= 4 is 45.9 Å². The lowest BCUT2D eigenvalue weighted by atomic mass is 10.1. The Morgan fingerprint density at radius 2 is 2.16 bits per heavy atom. The first-order valence-corrected chi connectivity index (χ1v) is 6.26. The number of aromatic nitrogens is 1. The van der Waals surface area contributed by atoms with Gasteiger partial charge in [0.2, 0.25) is 0 Å². The molecule has 3 N–H and O–H groups in total. The molecule has 0 aliphatic rings. The van der Waals surface area contributed by atoms with Gasteiger partial charge in [0.15, 0.2) is 0 Å². The number of nitrogens with two attached hydrogens (primary N) is 1. The van der Waals surface area contributed by atoms with Crippen LogP contribution in [0.5, 0.6) is 0 Å². The van der Waals surface area contributed by atoms with E-state index in [0.29, 0.717) is 32.3 Å². The zero-order valence-corrected chi connectivity index (χ0v) is 11.5. The molecule has 0 unspecified atom stereocenters. The van der Waals surface area contributed by atoms with Gasteiger partial charge in [-0.3, -0.25) is 0 Å². The van der Waals surface area contributed by atoms with Crippen molar-refractivity contribution in [1.29, 1.82) is 0 Å². The van der Waals surface area contributed by atoms with Crippen molar-refractivity contribution in [2.24, 2.45) is 5.84 Å². The summed E-state index contributed by atoms with van der Waals surface area (Å²) >= 11 is 12.0. The summed E-state index contributed by atoms with van der Waals surface area (Å²) in [4.78, 5) is 16.1. The fourth-order valence-electron chi connectivity index (χ4n) is 1.70. The number of hydrogen-bond acceptors (Lipinski definition) is 5. The van der Waals surface area contributed by atoms with Crippen molar-refractivity contribution in [3.05, 3.63) is 33.8 Å². The van der Waals surface area contributed by atoms with Gasteiger partial charge in [-0.1, -0.05) is 23.2 Å². The van der Waals surface area contributed by atoms with Crippen molar-refractivity contribution in [2.45, 2.75) is 6.92 Å². The zero-order valence-electron chi connectivity index (χ0n) is 10.0. The normalized spacial score (nSPS) is 10.5. The highest BCUT2D eigenvalue weighted by Crippen LogP contribution is 2.30. The second-order valence-corrected chi connectivity index (χ2v) is 4.55. The summed E-state index contributed by atoms with van der Waals surface area (Å²) in [6.07, 6.45) is 0. The standard InChI is InChI=1S/C12H11Cl2N3O2/c1-2-19-12(18)8-5-10(17-15)16-11-7(8)3-6(13)4-9(11)14/h3-5H,2,15H2,1H3,(H,16,17). The molecule has 0 radical (unpaired) electrons. The highest BCUT2D eigenvalue weighted by Gasteiger charge is 2.16. The van der Waals surface area contributed by atoms with E-state index in [1.165, 1.54) is 6.07 Å². The van der Waals surface area contributed by atoms with Crippen LogP contribution >= 0.6 is 23.2 Å². The Morgan fingerprint density at radius 3 is 2.79 bits per heavy atom. The molecule has 2 rings (SSSR count). The number of benzene rings is 1. The molecule has 0 saturated heterocycles. The first-order chi connectivity index (χ1) is 9.06. The minimum Gasteiger partial charge on any atom is -0.462 e. The smallest absolute Gasteiger partial charge is 0.338 e. The number of carbonyl (C=O) groups is 1. The molecule has 0 aliphatic carbocycles. The number of pyridine rings is 1. The molecule has 0 aliphatic heterocycles. The topological polar surface area (TPSA) is 77.2 Å². The third kappa shape index (κ3) is 2.73. The molecule has 0 fully saturated rings. The van der Waals surface area contributed by atoms with Crippen LogP contribution in [0.1, 0.15) is 17.3 Å². The van der Waals surface area contributed by atoms with Crippen LogP contribution < -0.4 is 11.3 Å². The van der Waals surface area contributed by atoms with Crippen LogP contribution in [0, 0.1) is 0 Å². The first-order valence-electron chi connectivity index (χ1n) is 5.50. The number of nitrogens with zero attached hydrogens (tertiary/aromatic N) is 1. The van der Waals surface area contributed by atoms with Gasteiger partial charge in [0.05, 0.1) is 22.7 Å². The maximum Gasteiger partial charge on any atom is 0.338 e. The number of rotatable bonds is 3. The highest BCUT2D eigenvalue weighted by atomic mass is 35.5. The van der Waals surface area contributed by atoms with E-state index >= 15 is 0 Å². The molecule has 2 aromatic rings. The fraction of sp³-hybridized carbons (Fsp3) is 0.167. The molecule has 0 spiro atoms. The highest BCUT2D eigenvalue weighted by molar-refractivity contribution is 6.38. The van der Waals surface area contributed by atoms with Gasteiger partial charge in [-0.05, 0) is 25.1 Å². The van der Waals surface area contributed by atoms with E-state index in [2.05, 4.69) is 10.4 Å². The monoisotopic (exact) mass is 299 g/mol. The van der Waals surface area contributed by atoms with Gasteiger partial charge < -0.3 is 10.2 Å². The second-order valence-electron chi connectivity index (χ2n) is 3.70. The Labute approximate surface area is 119 Å². The molecule has 5 nitrogen and oxygen atoms in total. The van der Waals surface area contributed by atoms with E-state index in [9.17, 15) is 4.79 Å². The minimum absolute atomic E-state index is 0.266. The van der Waals surface area contributed by atoms with Gasteiger partial charge in [0.1, 0.15) is 5.82 Å². The predicted octanol–water partition coefficient (Wildman–Crippen LogP) is 3.00. The van der Waals surface area contributed by atoms with Gasteiger partial charge >= 0.3 is 5.97 Å². The SMILES string of the molecule is CCOC(=O)c1cc(NN)nc2c(Cl)cc(Cl)cc12. The Kier molecular flexibility index (Phi) is 4.09. The molecule has 1 aromatic carbocycles. The van der Waals surface area contributed by atoms with E-state index in [0.717, 1.165) is 0 Å². The van der Waals surface area contributed by atoms with Crippen molar-refractivity contribution in [3.63, 3.8) is 0 Å². The van der Waals surface area contributed by atoms with E-state index in [4.69, 9.17) is 33.8 Å². The predicted molar refractivity (Wildman–Crippen MR) is 75.5 cm³/mol. The molecule has 1 heterocycles. The van der Waals surface area contributed by atoms with Crippen LogP contribution in [0.15, 0.2) is 18.2 Å². The summed E-state index contributed by atoms with van der Waals surface area (Å²) in [7, 11) is 0. The number of carbonyl (C=O) groups excluding carboxylic acids is 1. The number of hydrogen-bond donors (Lipinski definition) is 2. The summed E-state index contributed by atoms with van der Waals surface area (Å²) < 4.78 is 4.99. The van der Waals surface area contributed by atoms with Crippen molar-refractivity contribution in [2.75, 3.05) is 12.0 Å². The summed E-state index contributed by atoms with van der Waals surface area (Å²) in [6.45, 7) is 1.99. The van der Waals surface area contributed by atoms with Gasteiger partial charge in [-0.2, -0.15) is 0 Å². The largest absolute Gasteiger partial charge is 0.462 e. The van der Waals surface area contributed by atoms with E-state index in [1.807, 2.05) is 0 Å². The van der Waals surface area contributed by atoms with Crippen LogP contribution in [0.3, 0.4) is 0 Å². The first kappa shape index (κ1) is 13.9. The van der Waals surface area contributed by atoms with Crippen molar-refractivity contribution in [1.82, 2.24) is 4.98 Å². The van der Waals surface area contributed by atoms with Crippen LogP contribution in [-0.4, -0.2) is 17.6 Å². The third-order valence-corrected chi connectivity index (χ3v) is 2.98. The van der Waals surface area contributed by atoms with Crippen molar-refractivity contribution < 1.29 is 9.53 Å². The van der Waals surface area contributed by atoms with Gasteiger partial charge in [0.25, 0.3) is 0 Å². The van der Waals surface area contributed by atoms with Crippen LogP contribution in [0.4, 0.5) is 5.82 Å². The summed E-state index contributed by atoms with van der Waals surface area (Å²) in [5.74, 6) is 5.17. The maximum absolute atomic E-state index is 11.9. The van der Waals surface area contributed by atoms with Crippen molar-refractivity contribution in [3.8, 4) is 0 Å². The molecule has 1 aromatic heterocycles. The van der Waals surface area contributed by atoms with Crippen LogP contribution in [0.2, 0.25) is 10.0 Å². The summed E-state index contributed by atoms with van der Waals surface area (Å²) in [5, 5.41) is 1.28. The van der Waals surface area contributed by atoms with Gasteiger partial charge in [-0.15, -0.1) is 0 Å². The number of fused-ring (bicyclic) bond motifs is 1. The number of esters is 1. The van der Waals surface area contributed by atoms with E-state index in [-0.39, 0.29) is 6.61 Å². The molecule has 0 bridgehead atoms. The van der Waals surface area contributed by atoms with Gasteiger partial charge in [0, 0.05) is 10.4 Å². The molecule has 7 heteroatoms. The van der Waals surface area contributed by atoms with Crippen LogP contribution in [0.25, 0.3) is 10.9 Å². The minimum atomic E-state index is -0.482. The molecule has 19 heavy (non-hydrogen) atoms. The number of nitrogen functional groups attached to an aromatic ring is 1. The Hall–Kier alpha value is -1.56. The number of hydrazine groups is 1. The molecule has 0 atom stereocenters. The third-order valence-electron chi connectivity index (χ3n) is 2.47. The lowest BCUT2D eigenvalue weighted by Crippen LogP contribution is -2.12. The molecular formula is C12H11Cl2N3O2. The average molecular weight is 300 g/mol. The molecule has 0 saturated carbocycles. The molecule has 0 amide bonds. The zero-order chi connectivity index (χ0) is 14.0. The fourth-order valence-corrected chi connectivity index (χ4v) is 2.24. The number of anilines is 1. The quantitative estimate of drug-likeness (QED) is 0.517. The number of ether oxygens (including phenoxy) is 1.